The predicted molar refractivity (Wildman–Crippen MR) is 331 cm³/mol. The van der Waals surface area contributed by atoms with Gasteiger partial charge in [-0.2, -0.15) is 0 Å². The number of anilines is 9. The molecule has 2 heterocycles. The van der Waals surface area contributed by atoms with E-state index in [1.807, 2.05) is 0 Å². The van der Waals surface area contributed by atoms with Crippen molar-refractivity contribution >= 4 is 74.3 Å². The molecule has 0 bridgehead atoms. The third-order valence-corrected chi connectivity index (χ3v) is 17.3. The first-order valence-electron chi connectivity index (χ1n) is 28.1. The third kappa shape index (κ3) is 8.88. The van der Waals surface area contributed by atoms with Gasteiger partial charge in [0.15, 0.2) is 0 Å². The van der Waals surface area contributed by atoms with Crippen molar-refractivity contribution in [3.05, 3.63) is 203 Å². The molecule has 3 nitrogen and oxygen atoms in total. The molecular weight excluding hydrogens is 918 g/mol. The van der Waals surface area contributed by atoms with Gasteiger partial charge in [-0.3, -0.25) is 0 Å². The summed E-state index contributed by atoms with van der Waals surface area (Å²) in [6.45, 7) is 37.7. The van der Waals surface area contributed by atoms with Crippen molar-refractivity contribution in [3.8, 4) is 11.1 Å². The molecule has 0 N–H and O–H groups in total. The minimum atomic E-state index is -0.0575. The lowest BCUT2D eigenvalue weighted by molar-refractivity contribution is 0.332. The average Bonchev–Trinajstić information content (AvgIpc) is 3.57. The smallest absolute Gasteiger partial charge is 0.252 e. The maximum absolute atomic E-state index is 2.60. The van der Waals surface area contributed by atoms with E-state index in [4.69, 9.17) is 0 Å². The summed E-state index contributed by atoms with van der Waals surface area (Å²) >= 11 is 0. The van der Waals surface area contributed by atoms with Gasteiger partial charge in [-0.05, 0) is 167 Å². The van der Waals surface area contributed by atoms with Crippen LogP contribution in [-0.4, -0.2) is 6.71 Å². The number of para-hydroxylation sites is 1. The quantitative estimate of drug-likeness (QED) is 0.154. The predicted octanol–water partition coefficient (Wildman–Crippen LogP) is 18.4. The highest BCUT2D eigenvalue weighted by atomic mass is 15.2. The monoisotopic (exact) mass is 998 g/mol. The summed E-state index contributed by atoms with van der Waals surface area (Å²) in [5.41, 5.74) is 25.2. The summed E-state index contributed by atoms with van der Waals surface area (Å²) in [6, 6.07) is 66.2. The lowest BCUT2D eigenvalue weighted by Crippen LogP contribution is -2.61. The van der Waals surface area contributed by atoms with Crippen molar-refractivity contribution < 1.29 is 0 Å². The molecule has 0 saturated heterocycles. The van der Waals surface area contributed by atoms with Gasteiger partial charge in [-0.25, -0.2) is 0 Å². The minimum absolute atomic E-state index is 0.00688. The maximum Gasteiger partial charge on any atom is 0.252 e. The van der Waals surface area contributed by atoms with E-state index in [1.54, 1.807) is 0 Å². The number of hydrogen-bond acceptors (Lipinski definition) is 3. The molecule has 11 rings (SSSR count). The average molecular weight is 998 g/mol. The van der Waals surface area contributed by atoms with Gasteiger partial charge in [0.05, 0.1) is 11.4 Å². The Bertz CT molecular complexity index is 3370. The summed E-state index contributed by atoms with van der Waals surface area (Å²) in [4.78, 5) is 7.79. The molecule has 0 aromatic heterocycles. The van der Waals surface area contributed by atoms with Gasteiger partial charge in [-0.1, -0.05) is 214 Å². The number of benzene rings is 8. The van der Waals surface area contributed by atoms with Gasteiger partial charge in [0.25, 0.3) is 6.71 Å². The Kier molecular flexibility index (Phi) is 12.1. The normalized spacial score (nSPS) is 15.7. The van der Waals surface area contributed by atoms with Gasteiger partial charge < -0.3 is 14.7 Å². The van der Waals surface area contributed by atoms with Crippen LogP contribution in [-0.2, 0) is 32.5 Å². The molecule has 0 saturated carbocycles. The molecule has 1 aliphatic carbocycles. The van der Waals surface area contributed by atoms with Crippen molar-refractivity contribution in [1.29, 1.82) is 0 Å². The standard InChI is InChI=1S/C72H80BN3/c1-67(2,3)48-26-32-52(33-27-48)75-62-38-30-50(69(7,8)9)42-59(62)73-60-43-51(70(10,11)12)31-39-63(60)76(53-34-28-49(29-35-53)68(4,5)6)65-46-55(45-64(75)66(65)73)74(61-25-21-20-24-56(61)47-22-18-17-19-23-47)54-36-37-57-58(44-54)72(15,16)41-40-71(57,13)14/h17-39,42-46H,40-41H2,1-16H3. The van der Waals surface area contributed by atoms with Crippen LogP contribution in [0.2, 0.25) is 0 Å². The summed E-state index contributed by atoms with van der Waals surface area (Å²) in [7, 11) is 0. The molecule has 4 heteroatoms. The lowest BCUT2D eigenvalue weighted by Gasteiger charge is -2.46. The van der Waals surface area contributed by atoms with E-state index in [1.165, 1.54) is 90.1 Å². The molecular formula is C72H80BN3. The van der Waals surface area contributed by atoms with Crippen LogP contribution in [0.1, 0.15) is 157 Å². The molecule has 0 spiro atoms. The SMILES string of the molecule is CC(C)(C)c1ccc(N2c3ccc(C(C)(C)C)cc3B3c4cc(C(C)(C)C)ccc4N(c4ccc(C(C)(C)C)cc4)c4cc(N(c5ccc6c(c5)C(C)(C)CCC6(C)C)c5ccccc5-c5ccccc5)cc2c43)cc1. The van der Waals surface area contributed by atoms with Crippen molar-refractivity contribution in [2.45, 2.75) is 156 Å². The summed E-state index contributed by atoms with van der Waals surface area (Å²) in [5.74, 6) is 0. The Morgan fingerprint density at radius 3 is 1.30 bits per heavy atom. The second kappa shape index (κ2) is 17.9. The topological polar surface area (TPSA) is 9.72 Å². The molecule has 76 heavy (non-hydrogen) atoms. The number of hydrogen-bond donors (Lipinski definition) is 0. The van der Waals surface area contributed by atoms with E-state index < -0.39 is 0 Å². The van der Waals surface area contributed by atoms with E-state index >= 15 is 0 Å². The zero-order chi connectivity index (χ0) is 54.1. The molecule has 3 aliphatic rings. The lowest BCUT2D eigenvalue weighted by atomic mass is 9.33. The Morgan fingerprint density at radius 1 is 0.395 bits per heavy atom. The molecule has 0 amide bonds. The minimum Gasteiger partial charge on any atom is -0.311 e. The molecule has 386 valence electrons. The Balaban J connectivity index is 1.29. The zero-order valence-electron chi connectivity index (χ0n) is 48.5. The largest absolute Gasteiger partial charge is 0.311 e. The van der Waals surface area contributed by atoms with Crippen LogP contribution in [0.25, 0.3) is 11.1 Å². The van der Waals surface area contributed by atoms with E-state index in [0.717, 1.165) is 34.9 Å². The highest BCUT2D eigenvalue weighted by Crippen LogP contribution is 2.53. The Morgan fingerprint density at radius 2 is 0.829 bits per heavy atom. The molecule has 2 aliphatic heterocycles. The van der Waals surface area contributed by atoms with Crippen LogP contribution in [0, 0.1) is 0 Å². The fourth-order valence-corrected chi connectivity index (χ4v) is 12.5. The van der Waals surface area contributed by atoms with Crippen LogP contribution in [0.4, 0.5) is 51.2 Å². The van der Waals surface area contributed by atoms with Crippen molar-refractivity contribution in [2.24, 2.45) is 0 Å². The first-order valence-corrected chi connectivity index (χ1v) is 28.1. The second-order valence-electron chi connectivity index (χ2n) is 27.9. The maximum atomic E-state index is 2.60. The van der Waals surface area contributed by atoms with E-state index in [-0.39, 0.29) is 39.2 Å². The summed E-state index contributed by atoms with van der Waals surface area (Å²) < 4.78 is 0. The van der Waals surface area contributed by atoms with Crippen molar-refractivity contribution in [2.75, 3.05) is 14.7 Å². The van der Waals surface area contributed by atoms with Gasteiger partial charge in [0, 0.05) is 45.4 Å². The summed E-state index contributed by atoms with van der Waals surface area (Å²) in [5, 5.41) is 0. The van der Waals surface area contributed by atoms with Gasteiger partial charge in [0.2, 0.25) is 0 Å². The van der Waals surface area contributed by atoms with E-state index in [2.05, 4.69) is 295 Å². The van der Waals surface area contributed by atoms with Crippen LogP contribution < -0.4 is 31.1 Å². The third-order valence-electron chi connectivity index (χ3n) is 17.3. The first kappa shape index (κ1) is 51.3. The molecule has 0 atom stereocenters. The molecule has 8 aromatic rings. The zero-order valence-corrected chi connectivity index (χ0v) is 48.5. The number of nitrogens with zero attached hydrogens (tertiary/aromatic N) is 3. The van der Waals surface area contributed by atoms with Crippen molar-refractivity contribution in [3.63, 3.8) is 0 Å². The fourth-order valence-electron chi connectivity index (χ4n) is 12.5. The van der Waals surface area contributed by atoms with Crippen LogP contribution >= 0.6 is 0 Å². The van der Waals surface area contributed by atoms with Gasteiger partial charge >= 0.3 is 0 Å². The number of fused-ring (bicyclic) bond motifs is 5. The van der Waals surface area contributed by atoms with E-state index in [0.29, 0.717) is 0 Å². The Hall–Kier alpha value is -6.78. The highest BCUT2D eigenvalue weighted by molar-refractivity contribution is 7.00. The molecule has 0 fully saturated rings. The fraction of sp³-hybridized carbons (Fsp3) is 0.333. The van der Waals surface area contributed by atoms with Crippen LogP contribution in [0.15, 0.2) is 170 Å². The van der Waals surface area contributed by atoms with Crippen LogP contribution in [0.3, 0.4) is 0 Å². The van der Waals surface area contributed by atoms with Crippen molar-refractivity contribution in [1.82, 2.24) is 0 Å². The van der Waals surface area contributed by atoms with E-state index in [9.17, 15) is 0 Å². The molecule has 8 aromatic carbocycles. The first-order chi connectivity index (χ1) is 35.7. The summed E-state index contributed by atoms with van der Waals surface area (Å²) in [6.07, 6.45) is 2.30. The molecule has 0 radical (unpaired) electrons. The number of rotatable bonds is 6. The Labute approximate surface area is 457 Å². The van der Waals surface area contributed by atoms with Gasteiger partial charge in [-0.15, -0.1) is 0 Å². The molecule has 0 unspecified atom stereocenters. The van der Waals surface area contributed by atoms with Crippen LogP contribution in [0.5, 0.6) is 0 Å². The second-order valence-corrected chi connectivity index (χ2v) is 27.9. The van der Waals surface area contributed by atoms with Gasteiger partial charge in [0.1, 0.15) is 0 Å². The highest BCUT2D eigenvalue weighted by Gasteiger charge is 2.45.